The molecule has 2 aromatic carbocycles. The summed E-state index contributed by atoms with van der Waals surface area (Å²) >= 11 is 9.20. The molecule has 0 radical (unpaired) electrons. The maximum absolute atomic E-state index is 9.21. The molecule has 0 unspecified atom stereocenters. The monoisotopic (exact) mass is 317 g/mol. The van der Waals surface area contributed by atoms with Crippen molar-refractivity contribution in [1.29, 1.82) is 5.26 Å². The van der Waals surface area contributed by atoms with E-state index in [2.05, 4.69) is 22.0 Å². The van der Waals surface area contributed by atoms with Gasteiger partial charge in [0.25, 0.3) is 0 Å². The van der Waals surface area contributed by atoms with Gasteiger partial charge in [0.05, 0.1) is 11.6 Å². The van der Waals surface area contributed by atoms with Crippen molar-refractivity contribution in [2.24, 2.45) is 0 Å². The average molecular weight is 319 g/mol. The summed E-state index contributed by atoms with van der Waals surface area (Å²) in [5.41, 5.74) is 2.49. The van der Waals surface area contributed by atoms with Gasteiger partial charge in [0.2, 0.25) is 0 Å². The Labute approximate surface area is 119 Å². The van der Waals surface area contributed by atoms with Crippen molar-refractivity contribution in [2.75, 3.05) is 0 Å². The minimum absolute atomic E-state index is 0.629. The Morgan fingerprint density at radius 2 is 1.67 bits per heavy atom. The zero-order chi connectivity index (χ0) is 13.0. The van der Waals surface area contributed by atoms with Crippen LogP contribution in [0.3, 0.4) is 0 Å². The van der Waals surface area contributed by atoms with E-state index in [1.165, 1.54) is 0 Å². The molecule has 0 aromatic heterocycles. The molecule has 0 atom stereocenters. The van der Waals surface area contributed by atoms with Gasteiger partial charge in [-0.15, -0.1) is 0 Å². The highest BCUT2D eigenvalue weighted by Gasteiger charge is 2.00. The van der Waals surface area contributed by atoms with Gasteiger partial charge in [-0.3, -0.25) is 0 Å². The molecule has 0 saturated carbocycles. The summed E-state index contributed by atoms with van der Waals surface area (Å²) in [6, 6.07) is 17.3. The normalized spacial score (nSPS) is 11.1. The maximum atomic E-state index is 9.21. The lowest BCUT2D eigenvalue weighted by molar-refractivity contribution is 1.52. The van der Waals surface area contributed by atoms with E-state index in [1.807, 2.05) is 54.6 Å². The third-order valence-corrected chi connectivity index (χ3v) is 3.24. The molecule has 2 rings (SSSR count). The van der Waals surface area contributed by atoms with E-state index in [1.54, 1.807) is 0 Å². The highest BCUT2D eigenvalue weighted by Crippen LogP contribution is 2.20. The largest absolute Gasteiger partial charge is 0.192 e. The maximum Gasteiger partial charge on any atom is 0.0998 e. The van der Waals surface area contributed by atoms with Crippen LogP contribution in [0.4, 0.5) is 0 Å². The average Bonchev–Trinajstić information content (AvgIpc) is 2.39. The fourth-order valence-electron chi connectivity index (χ4n) is 1.54. The zero-order valence-electron chi connectivity index (χ0n) is 9.40. The summed E-state index contributed by atoms with van der Waals surface area (Å²) < 4.78 is 0.995. The molecule has 0 spiro atoms. The Balaban J connectivity index is 2.37. The summed E-state index contributed by atoms with van der Waals surface area (Å²) in [7, 11) is 0. The van der Waals surface area contributed by atoms with Crippen LogP contribution in [0.25, 0.3) is 11.6 Å². The van der Waals surface area contributed by atoms with E-state index in [9.17, 15) is 5.26 Å². The van der Waals surface area contributed by atoms with E-state index in [4.69, 9.17) is 11.6 Å². The summed E-state index contributed by atoms with van der Waals surface area (Å²) in [6.45, 7) is 0. The molecule has 0 amide bonds. The molecule has 0 aliphatic heterocycles. The Bertz CT molecular complexity index is 606. The van der Waals surface area contributed by atoms with Crippen LogP contribution in [0.1, 0.15) is 11.1 Å². The van der Waals surface area contributed by atoms with Crippen LogP contribution < -0.4 is 0 Å². The number of nitrogens with zero attached hydrogens (tertiary/aromatic N) is 1. The first-order chi connectivity index (χ1) is 8.69. The number of hydrogen-bond acceptors (Lipinski definition) is 1. The van der Waals surface area contributed by atoms with E-state index in [0.717, 1.165) is 15.6 Å². The minimum Gasteiger partial charge on any atom is -0.192 e. The molecule has 0 bridgehead atoms. The van der Waals surface area contributed by atoms with Crippen molar-refractivity contribution in [1.82, 2.24) is 0 Å². The van der Waals surface area contributed by atoms with Crippen LogP contribution in [-0.4, -0.2) is 0 Å². The smallest absolute Gasteiger partial charge is 0.0998 e. The van der Waals surface area contributed by atoms with Gasteiger partial charge in [-0.05, 0) is 41.5 Å². The van der Waals surface area contributed by atoms with E-state index >= 15 is 0 Å². The lowest BCUT2D eigenvalue weighted by Crippen LogP contribution is -1.81. The minimum atomic E-state index is 0.629. The van der Waals surface area contributed by atoms with Crippen molar-refractivity contribution < 1.29 is 0 Å². The first-order valence-electron chi connectivity index (χ1n) is 5.32. The number of halogens is 2. The van der Waals surface area contributed by atoms with Gasteiger partial charge in [0.15, 0.2) is 0 Å². The molecular weight excluding hydrogens is 310 g/mol. The molecule has 0 fully saturated rings. The van der Waals surface area contributed by atoms with Crippen molar-refractivity contribution in [3.05, 3.63) is 69.2 Å². The molecule has 2 aromatic rings. The van der Waals surface area contributed by atoms with Crippen LogP contribution in [-0.2, 0) is 0 Å². The molecule has 18 heavy (non-hydrogen) atoms. The van der Waals surface area contributed by atoms with Crippen molar-refractivity contribution in [2.45, 2.75) is 0 Å². The van der Waals surface area contributed by atoms with E-state index < -0.39 is 0 Å². The third kappa shape index (κ3) is 3.22. The second kappa shape index (κ2) is 5.86. The first kappa shape index (κ1) is 12.9. The quantitative estimate of drug-likeness (QED) is 0.554. The highest BCUT2D eigenvalue weighted by molar-refractivity contribution is 9.10. The number of allylic oxidation sites excluding steroid dienone is 1. The van der Waals surface area contributed by atoms with Gasteiger partial charge in [-0.1, -0.05) is 51.8 Å². The molecule has 0 heterocycles. The zero-order valence-corrected chi connectivity index (χ0v) is 11.7. The van der Waals surface area contributed by atoms with Crippen molar-refractivity contribution in [3.8, 4) is 6.07 Å². The molecule has 0 aliphatic rings. The summed E-state index contributed by atoms with van der Waals surface area (Å²) in [5.74, 6) is 0. The fraction of sp³-hybridized carbons (Fsp3) is 0. The third-order valence-electron chi connectivity index (χ3n) is 2.46. The summed E-state index contributed by atoms with van der Waals surface area (Å²) in [5, 5.41) is 9.90. The highest BCUT2D eigenvalue weighted by atomic mass is 79.9. The van der Waals surface area contributed by atoms with Gasteiger partial charge in [0.1, 0.15) is 0 Å². The van der Waals surface area contributed by atoms with Crippen molar-refractivity contribution >= 4 is 39.2 Å². The Morgan fingerprint density at radius 1 is 1.06 bits per heavy atom. The lowest BCUT2D eigenvalue weighted by Gasteiger charge is -2.00. The van der Waals surface area contributed by atoms with Gasteiger partial charge in [-0.2, -0.15) is 5.26 Å². The lowest BCUT2D eigenvalue weighted by atomic mass is 10.0. The molecule has 1 nitrogen and oxygen atoms in total. The number of rotatable bonds is 2. The molecule has 88 valence electrons. The molecule has 3 heteroatoms. The summed E-state index contributed by atoms with van der Waals surface area (Å²) in [4.78, 5) is 0. The Kier molecular flexibility index (Phi) is 4.19. The molecule has 0 aliphatic carbocycles. The van der Waals surface area contributed by atoms with Crippen LogP contribution >= 0.6 is 27.5 Å². The van der Waals surface area contributed by atoms with Gasteiger partial charge >= 0.3 is 0 Å². The van der Waals surface area contributed by atoms with E-state index in [-0.39, 0.29) is 0 Å². The van der Waals surface area contributed by atoms with Crippen LogP contribution in [0.5, 0.6) is 0 Å². The number of benzene rings is 2. The van der Waals surface area contributed by atoms with Gasteiger partial charge < -0.3 is 0 Å². The van der Waals surface area contributed by atoms with Crippen LogP contribution in [0.15, 0.2) is 53.0 Å². The Hall–Kier alpha value is -1.56. The summed E-state index contributed by atoms with van der Waals surface area (Å²) in [6.07, 6.45) is 1.85. The van der Waals surface area contributed by atoms with Gasteiger partial charge in [0, 0.05) is 9.50 Å². The number of hydrogen-bond donors (Lipinski definition) is 0. The fourth-order valence-corrected chi connectivity index (χ4v) is 1.93. The first-order valence-corrected chi connectivity index (χ1v) is 6.49. The van der Waals surface area contributed by atoms with Crippen molar-refractivity contribution in [3.63, 3.8) is 0 Å². The second-order valence-electron chi connectivity index (χ2n) is 3.73. The predicted molar refractivity (Wildman–Crippen MR) is 79.1 cm³/mol. The molecule has 0 saturated heterocycles. The van der Waals surface area contributed by atoms with E-state index in [0.29, 0.717) is 10.6 Å². The number of nitriles is 1. The SMILES string of the molecule is N#C/C(=C/c1ccc(Cl)cc1)c1ccc(Br)cc1. The predicted octanol–water partition coefficient (Wildman–Crippen LogP) is 5.17. The van der Waals surface area contributed by atoms with Gasteiger partial charge in [-0.25, -0.2) is 0 Å². The second-order valence-corrected chi connectivity index (χ2v) is 5.08. The molecule has 0 N–H and O–H groups in total. The Morgan fingerprint density at radius 3 is 2.22 bits per heavy atom. The topological polar surface area (TPSA) is 23.8 Å². The van der Waals surface area contributed by atoms with Crippen LogP contribution in [0, 0.1) is 11.3 Å². The molecular formula is C15H9BrClN. The van der Waals surface area contributed by atoms with Crippen LogP contribution in [0.2, 0.25) is 5.02 Å². The standard InChI is InChI=1S/C15H9BrClN/c16-14-5-3-12(4-6-14)13(10-18)9-11-1-7-15(17)8-2-11/h1-9H/b13-9-.